The van der Waals surface area contributed by atoms with Gasteiger partial charge in [0.15, 0.2) is 0 Å². The van der Waals surface area contributed by atoms with Gasteiger partial charge in [0, 0.05) is 18.6 Å². The third-order valence-electron chi connectivity index (χ3n) is 0. The molecular formula is H6NaO5PV. The number of phosphoric acid groups is 1. The Morgan fingerprint density at radius 1 is 1.12 bits per heavy atom. The Labute approximate surface area is 80.2 Å². The fourth-order valence-corrected chi connectivity index (χ4v) is 0. The molecule has 0 saturated heterocycles. The zero-order valence-corrected chi connectivity index (χ0v) is 5.44. The maximum absolute atomic E-state index is 8.88. The van der Waals surface area contributed by atoms with E-state index in [-0.39, 0.29) is 53.6 Å². The Balaban J connectivity index is -0.0000000267. The van der Waals surface area contributed by atoms with Crippen LogP contribution in [0.25, 0.3) is 0 Å². The zero-order valence-electron chi connectivity index (χ0n) is 3.14. The molecule has 1 radical (unpaired) electrons. The van der Waals surface area contributed by atoms with Gasteiger partial charge < -0.3 is 20.2 Å². The van der Waals surface area contributed by atoms with Crippen molar-refractivity contribution in [2.45, 2.75) is 0 Å². The van der Waals surface area contributed by atoms with Gasteiger partial charge in [-0.2, -0.15) is 0 Å². The van der Waals surface area contributed by atoms with Crippen LogP contribution in [0, 0.1) is 0 Å². The fraction of sp³-hybridized carbons (Fsp3) is 0. The van der Waals surface area contributed by atoms with Crippen molar-refractivity contribution in [2.75, 3.05) is 0 Å². The normalized spacial score (nSPS) is 7.38. The van der Waals surface area contributed by atoms with Crippen LogP contribution >= 0.6 is 7.82 Å². The molecule has 0 fully saturated rings. The summed E-state index contributed by atoms with van der Waals surface area (Å²) in [4.78, 5) is 21.6. The first-order chi connectivity index (χ1) is 2.00. The molecule has 0 bridgehead atoms. The Morgan fingerprint density at radius 2 is 1.12 bits per heavy atom. The second-order valence-electron chi connectivity index (χ2n) is 0.513. The van der Waals surface area contributed by atoms with Gasteiger partial charge in [-0.05, 0) is 0 Å². The molecule has 0 aromatic carbocycles. The molecule has 0 heterocycles. The number of hydrogen-bond donors (Lipinski definition) is 3. The predicted molar refractivity (Wildman–Crippen MR) is 25.0 cm³/mol. The van der Waals surface area contributed by atoms with Crippen molar-refractivity contribution in [1.82, 2.24) is 0 Å². The molecule has 0 aliphatic heterocycles. The minimum atomic E-state index is -4.64. The Morgan fingerprint density at radius 3 is 1.12 bits per heavy atom. The van der Waals surface area contributed by atoms with Gasteiger partial charge >= 0.3 is 37.4 Å². The summed E-state index contributed by atoms with van der Waals surface area (Å²) in [6.07, 6.45) is 0. The maximum atomic E-state index is 8.88. The summed E-state index contributed by atoms with van der Waals surface area (Å²) in [6.45, 7) is 0. The molecule has 0 aromatic rings. The molecule has 5 N–H and O–H groups in total. The van der Waals surface area contributed by atoms with Gasteiger partial charge in [-0.1, -0.05) is 0 Å². The van der Waals surface area contributed by atoms with Crippen LogP contribution in [0.3, 0.4) is 0 Å². The zero-order chi connectivity index (χ0) is 4.50. The quantitative estimate of drug-likeness (QED) is 0.292. The van der Waals surface area contributed by atoms with Gasteiger partial charge in [0.05, 0.1) is 0 Å². The van der Waals surface area contributed by atoms with Crippen LogP contribution in [0.15, 0.2) is 0 Å². The predicted octanol–water partition coefficient (Wildman–Crippen LogP) is -2.40. The van der Waals surface area contributed by atoms with E-state index in [4.69, 9.17) is 19.2 Å². The van der Waals surface area contributed by atoms with E-state index in [1.54, 1.807) is 0 Å². The van der Waals surface area contributed by atoms with E-state index in [0.717, 1.165) is 0 Å². The third-order valence-corrected chi connectivity index (χ3v) is 0. The molecule has 0 amide bonds. The average molecular weight is 191 g/mol. The topological polar surface area (TPSA) is 109 Å². The fourth-order valence-electron chi connectivity index (χ4n) is 0. The average Bonchev–Trinajstić information content (AvgIpc) is 0.722. The van der Waals surface area contributed by atoms with Crippen molar-refractivity contribution in [2.24, 2.45) is 0 Å². The van der Waals surface area contributed by atoms with E-state index >= 15 is 0 Å². The molecule has 0 saturated carbocycles. The summed E-state index contributed by atoms with van der Waals surface area (Å²) in [6, 6.07) is 0. The van der Waals surface area contributed by atoms with Gasteiger partial charge in [-0.25, -0.2) is 4.57 Å². The summed E-state index contributed by atoms with van der Waals surface area (Å²) in [7, 11) is -4.64. The van der Waals surface area contributed by atoms with E-state index in [0.29, 0.717) is 0 Å². The minimum absolute atomic E-state index is 0. The van der Waals surface area contributed by atoms with E-state index in [1.165, 1.54) is 0 Å². The minimum Gasteiger partial charge on any atom is 0 e. The van der Waals surface area contributed by atoms with Crippen molar-refractivity contribution >= 4 is 37.4 Å². The summed E-state index contributed by atoms with van der Waals surface area (Å²) < 4.78 is 8.88. The van der Waals surface area contributed by atoms with E-state index in [9.17, 15) is 0 Å². The number of hydrogen-bond acceptors (Lipinski definition) is 1. The van der Waals surface area contributed by atoms with Crippen molar-refractivity contribution in [3.05, 3.63) is 0 Å². The van der Waals surface area contributed by atoms with Crippen LogP contribution in [-0.2, 0) is 23.1 Å². The van der Waals surface area contributed by atoms with E-state index in [1.807, 2.05) is 0 Å². The van der Waals surface area contributed by atoms with Gasteiger partial charge in [-0.15, -0.1) is 0 Å². The van der Waals surface area contributed by atoms with Gasteiger partial charge in [0.2, 0.25) is 0 Å². The molecule has 0 aliphatic rings. The third kappa shape index (κ3) is 124. The summed E-state index contributed by atoms with van der Waals surface area (Å²) in [5.74, 6) is 0. The summed E-state index contributed by atoms with van der Waals surface area (Å²) in [5, 5.41) is 0. The second kappa shape index (κ2) is 8.65. The molecule has 0 spiro atoms. The Bertz CT molecular complexity index is 58.6. The molecule has 5 nitrogen and oxygen atoms in total. The van der Waals surface area contributed by atoms with Gasteiger partial charge in [0.25, 0.3) is 0 Å². The van der Waals surface area contributed by atoms with Crippen LogP contribution < -0.4 is 0 Å². The van der Waals surface area contributed by atoms with Crippen molar-refractivity contribution in [3.8, 4) is 0 Å². The van der Waals surface area contributed by atoms with Gasteiger partial charge in [0.1, 0.15) is 0 Å². The molecule has 8 heavy (non-hydrogen) atoms. The summed E-state index contributed by atoms with van der Waals surface area (Å²) >= 11 is 0. The first-order valence-electron chi connectivity index (χ1n) is 0.783. The Hall–Kier alpha value is 1.65. The first-order valence-corrected chi connectivity index (χ1v) is 2.35. The van der Waals surface area contributed by atoms with Crippen LogP contribution in [-0.4, -0.2) is 49.7 Å². The molecule has 0 aromatic heterocycles. The van der Waals surface area contributed by atoms with Gasteiger partial charge in [-0.3, -0.25) is 0 Å². The molecule has 8 heteroatoms. The summed E-state index contributed by atoms with van der Waals surface area (Å²) in [5.41, 5.74) is 0. The van der Waals surface area contributed by atoms with Crippen LogP contribution in [0.4, 0.5) is 0 Å². The molecule has 47 valence electrons. The van der Waals surface area contributed by atoms with E-state index < -0.39 is 7.82 Å². The largest absolute Gasteiger partial charge is 0 e. The first kappa shape index (κ1) is 22.6. The van der Waals surface area contributed by atoms with E-state index in [2.05, 4.69) is 0 Å². The maximum Gasteiger partial charge on any atom is 0 e. The van der Waals surface area contributed by atoms with Crippen LogP contribution in [0.1, 0.15) is 0 Å². The van der Waals surface area contributed by atoms with Crippen molar-refractivity contribution in [3.63, 3.8) is 0 Å². The van der Waals surface area contributed by atoms with Crippen LogP contribution in [0.2, 0.25) is 0 Å². The molecule has 0 atom stereocenters. The number of rotatable bonds is 0. The van der Waals surface area contributed by atoms with Crippen LogP contribution in [0.5, 0.6) is 0 Å². The smallest absolute Gasteiger partial charge is 0 e. The molecule has 0 rings (SSSR count). The Kier molecular flexibility index (Phi) is 24.5. The molecular weight excluding hydrogens is 185 g/mol. The molecule has 0 unspecified atom stereocenters. The molecule has 0 aliphatic carbocycles. The van der Waals surface area contributed by atoms with Crippen molar-refractivity contribution < 1.29 is 43.3 Å². The van der Waals surface area contributed by atoms with Crippen molar-refractivity contribution in [1.29, 1.82) is 0 Å². The standard InChI is InChI=1S/Na.H3O4P.H2O.V.H/c;1-5(2,3)4;;;/h;(H3,1,2,3,4);1H2;;. The monoisotopic (exact) mass is 191 g/mol. The second-order valence-corrected chi connectivity index (χ2v) is 1.54. The SMILES string of the molecule is O.O=P(O)(O)O.[NaH].[V].